The highest BCUT2D eigenvalue weighted by molar-refractivity contribution is 7.80. The molecule has 2 aromatic heterocycles. The molecule has 1 aliphatic heterocycles. The zero-order valence-corrected chi connectivity index (χ0v) is 20.8. The van der Waals surface area contributed by atoms with Crippen molar-refractivity contribution in [1.82, 2.24) is 14.9 Å². The minimum atomic E-state index is -0.102. The minimum absolute atomic E-state index is 0.0805. The Morgan fingerprint density at radius 2 is 1.68 bits per heavy atom. The van der Waals surface area contributed by atoms with E-state index in [1.165, 1.54) is 5.56 Å². The van der Waals surface area contributed by atoms with E-state index in [1.54, 1.807) is 7.11 Å². The molecule has 1 N–H and O–H groups in total. The Balaban J connectivity index is 1.66. The van der Waals surface area contributed by atoms with E-state index in [2.05, 4.69) is 39.7 Å². The molecule has 5 rings (SSSR count). The van der Waals surface area contributed by atoms with Gasteiger partial charge in [0.25, 0.3) is 0 Å². The second-order valence-corrected chi connectivity index (χ2v) is 9.16. The maximum Gasteiger partial charge on any atom is 0.174 e. The van der Waals surface area contributed by atoms with Crippen LogP contribution in [-0.4, -0.2) is 21.8 Å². The highest BCUT2D eigenvalue weighted by Gasteiger charge is 2.42. The number of ether oxygens (including phenoxy) is 1. The lowest BCUT2D eigenvalue weighted by molar-refractivity contribution is 0.415. The zero-order chi connectivity index (χ0) is 23.8. The van der Waals surface area contributed by atoms with Gasteiger partial charge in [-0.25, -0.2) is 0 Å². The number of aromatic nitrogens is 2. The normalized spacial score (nSPS) is 17.6. The predicted molar refractivity (Wildman–Crippen MR) is 141 cm³/mol. The van der Waals surface area contributed by atoms with Gasteiger partial charge < -0.3 is 19.5 Å². The lowest BCUT2D eigenvalue weighted by Crippen LogP contribution is -2.29. The van der Waals surface area contributed by atoms with Crippen molar-refractivity contribution in [3.8, 4) is 11.4 Å². The maximum absolute atomic E-state index is 6.14. The van der Waals surface area contributed by atoms with E-state index >= 15 is 0 Å². The number of methoxy groups -OCH3 is 1. The standard InChI is InChI=1S/C27H25ClN4OS/c1-17-16-23(18(2)31(17)20-9-7-19(28)8-10-20)26-25(24-6-4-5-15-29-24)30-27(34)32(26)21-11-13-22(33-3)14-12-21/h4-16,25-26H,1-3H3,(H,30,34)/t25-,26-/m0/s1. The van der Waals surface area contributed by atoms with Crippen molar-refractivity contribution in [3.63, 3.8) is 0 Å². The fourth-order valence-electron chi connectivity index (χ4n) is 4.77. The summed E-state index contributed by atoms with van der Waals surface area (Å²) in [5.74, 6) is 0.806. The van der Waals surface area contributed by atoms with Crippen molar-refractivity contribution in [2.45, 2.75) is 25.9 Å². The Bertz CT molecular complexity index is 1320. The Hall–Kier alpha value is -3.35. The number of pyridine rings is 1. The molecule has 2 atom stereocenters. The number of nitrogens with zero attached hydrogens (tertiary/aromatic N) is 3. The second-order valence-electron chi connectivity index (χ2n) is 8.33. The smallest absolute Gasteiger partial charge is 0.174 e. The van der Waals surface area contributed by atoms with Crippen molar-refractivity contribution in [2.75, 3.05) is 12.0 Å². The molecule has 0 amide bonds. The van der Waals surface area contributed by atoms with E-state index in [9.17, 15) is 0 Å². The van der Waals surface area contributed by atoms with Crippen LogP contribution in [0.2, 0.25) is 5.02 Å². The van der Waals surface area contributed by atoms with Gasteiger partial charge >= 0.3 is 0 Å². The average molecular weight is 489 g/mol. The van der Waals surface area contributed by atoms with Gasteiger partial charge in [0.15, 0.2) is 5.11 Å². The van der Waals surface area contributed by atoms with Crippen molar-refractivity contribution in [2.24, 2.45) is 0 Å². The molecule has 0 saturated carbocycles. The maximum atomic E-state index is 6.14. The third kappa shape index (κ3) is 3.93. The highest BCUT2D eigenvalue weighted by Crippen LogP contribution is 2.44. The zero-order valence-electron chi connectivity index (χ0n) is 19.2. The third-order valence-corrected chi connectivity index (χ3v) is 6.89. The molecule has 4 aromatic rings. The van der Waals surface area contributed by atoms with Crippen molar-refractivity contribution in [3.05, 3.63) is 107 Å². The Kier molecular flexibility index (Phi) is 6.02. The van der Waals surface area contributed by atoms with Crippen LogP contribution < -0.4 is 15.0 Å². The summed E-state index contributed by atoms with van der Waals surface area (Å²) in [6.07, 6.45) is 1.82. The molecule has 0 unspecified atom stereocenters. The molecule has 0 aliphatic carbocycles. The number of halogens is 1. The van der Waals surface area contributed by atoms with E-state index in [-0.39, 0.29) is 12.1 Å². The van der Waals surface area contributed by atoms with Crippen molar-refractivity contribution >= 4 is 34.6 Å². The Morgan fingerprint density at radius 3 is 2.32 bits per heavy atom. The van der Waals surface area contributed by atoms with E-state index in [4.69, 9.17) is 28.6 Å². The quantitative estimate of drug-likeness (QED) is 0.332. The average Bonchev–Trinajstić information content (AvgIpc) is 3.35. The molecule has 7 heteroatoms. The SMILES string of the molecule is COc1ccc(N2C(=S)N[C@@H](c3ccccn3)[C@@H]2c2cc(C)n(-c3ccc(Cl)cc3)c2C)cc1. The first-order valence-electron chi connectivity index (χ1n) is 11.1. The van der Waals surface area contributed by atoms with Crippen LogP contribution in [0.1, 0.15) is 34.7 Å². The highest BCUT2D eigenvalue weighted by atomic mass is 35.5. The first-order valence-corrected chi connectivity index (χ1v) is 11.9. The molecule has 5 nitrogen and oxygen atoms in total. The molecular weight excluding hydrogens is 464 g/mol. The fourth-order valence-corrected chi connectivity index (χ4v) is 5.24. The number of rotatable bonds is 5. The number of aryl methyl sites for hydroxylation is 1. The van der Waals surface area contributed by atoms with E-state index in [0.29, 0.717) is 5.11 Å². The molecule has 1 aliphatic rings. The van der Waals surface area contributed by atoms with Gasteiger partial charge in [0.2, 0.25) is 0 Å². The second kappa shape index (κ2) is 9.12. The van der Waals surface area contributed by atoms with Crippen LogP contribution in [0.15, 0.2) is 79.0 Å². The van der Waals surface area contributed by atoms with Crippen LogP contribution in [0.4, 0.5) is 5.69 Å². The topological polar surface area (TPSA) is 42.3 Å². The van der Waals surface area contributed by atoms with Crippen LogP contribution in [0.3, 0.4) is 0 Å². The van der Waals surface area contributed by atoms with Crippen molar-refractivity contribution in [1.29, 1.82) is 0 Å². The van der Waals surface area contributed by atoms with Gasteiger partial charge in [-0.3, -0.25) is 4.98 Å². The molecule has 3 heterocycles. The van der Waals surface area contributed by atoms with E-state index in [0.717, 1.165) is 39.2 Å². The van der Waals surface area contributed by atoms with Gasteiger partial charge in [0, 0.05) is 34.0 Å². The summed E-state index contributed by atoms with van der Waals surface area (Å²) in [6, 6.07) is 24.0. The first-order chi connectivity index (χ1) is 16.5. The van der Waals surface area contributed by atoms with Crippen molar-refractivity contribution < 1.29 is 4.74 Å². The van der Waals surface area contributed by atoms with Gasteiger partial charge in [0.1, 0.15) is 5.75 Å². The molecule has 0 radical (unpaired) electrons. The van der Waals surface area contributed by atoms with E-state index in [1.807, 2.05) is 72.9 Å². The number of anilines is 1. The molecule has 1 fully saturated rings. The molecule has 2 aromatic carbocycles. The van der Waals surface area contributed by atoms with Gasteiger partial charge in [-0.15, -0.1) is 0 Å². The molecular formula is C27H25ClN4OS. The molecule has 0 spiro atoms. The molecule has 0 bridgehead atoms. The summed E-state index contributed by atoms with van der Waals surface area (Å²) < 4.78 is 7.63. The van der Waals surface area contributed by atoms with Crippen LogP contribution in [-0.2, 0) is 0 Å². The predicted octanol–water partition coefficient (Wildman–Crippen LogP) is 6.33. The summed E-state index contributed by atoms with van der Waals surface area (Å²) in [7, 11) is 1.67. The number of hydrogen-bond donors (Lipinski definition) is 1. The van der Waals surface area contributed by atoms with Crippen LogP contribution in [0.25, 0.3) is 5.69 Å². The Morgan fingerprint density at radius 1 is 0.971 bits per heavy atom. The van der Waals surface area contributed by atoms with Gasteiger partial charge in [-0.05, 0) is 98.4 Å². The summed E-state index contributed by atoms with van der Waals surface area (Å²) in [5, 5.41) is 4.92. The molecule has 34 heavy (non-hydrogen) atoms. The van der Waals surface area contributed by atoms with Gasteiger partial charge in [0.05, 0.1) is 24.9 Å². The van der Waals surface area contributed by atoms with E-state index < -0.39 is 0 Å². The first kappa shape index (κ1) is 22.4. The summed E-state index contributed by atoms with van der Waals surface area (Å²) >= 11 is 12.0. The lowest BCUT2D eigenvalue weighted by Gasteiger charge is -2.28. The number of hydrogen-bond acceptors (Lipinski definition) is 3. The van der Waals surface area contributed by atoms with Gasteiger partial charge in [-0.1, -0.05) is 17.7 Å². The minimum Gasteiger partial charge on any atom is -0.497 e. The summed E-state index contributed by atoms with van der Waals surface area (Å²) in [5.41, 5.74) is 6.49. The number of benzene rings is 2. The summed E-state index contributed by atoms with van der Waals surface area (Å²) in [6.45, 7) is 4.28. The Labute approximate surface area is 210 Å². The molecule has 172 valence electrons. The molecule has 1 saturated heterocycles. The number of nitrogens with one attached hydrogen (secondary N) is 1. The summed E-state index contributed by atoms with van der Waals surface area (Å²) in [4.78, 5) is 6.85. The van der Waals surface area contributed by atoms with Crippen LogP contribution >= 0.6 is 23.8 Å². The van der Waals surface area contributed by atoms with Crippen LogP contribution in [0.5, 0.6) is 5.75 Å². The third-order valence-electron chi connectivity index (χ3n) is 6.32. The van der Waals surface area contributed by atoms with Crippen LogP contribution in [0, 0.1) is 13.8 Å². The number of thiocarbonyl (C=S) groups is 1. The lowest BCUT2D eigenvalue weighted by atomic mass is 9.96. The largest absolute Gasteiger partial charge is 0.497 e. The monoisotopic (exact) mass is 488 g/mol. The van der Waals surface area contributed by atoms with Gasteiger partial charge in [-0.2, -0.15) is 0 Å². The fraction of sp³-hybridized carbons (Fsp3) is 0.185.